The Morgan fingerprint density at radius 1 is 0.633 bits per heavy atom. The molecule has 0 aliphatic carbocycles. The van der Waals surface area contributed by atoms with Gasteiger partial charge in [0.15, 0.2) is 0 Å². The van der Waals surface area contributed by atoms with Crippen LogP contribution in [0.2, 0.25) is 0 Å². The summed E-state index contributed by atoms with van der Waals surface area (Å²) in [4.78, 5) is 13.3. The molecule has 0 spiro atoms. The predicted octanol–water partition coefficient (Wildman–Crippen LogP) is 5.57. The van der Waals surface area contributed by atoms with Crippen molar-refractivity contribution in [3.8, 4) is 0 Å². The molecule has 0 fully saturated rings. The fraction of sp³-hybridized carbons (Fsp3) is 0. The predicted molar refractivity (Wildman–Crippen MR) is 125 cm³/mol. The highest BCUT2D eigenvalue weighted by atomic mass is 79.9. The Morgan fingerprint density at radius 2 is 1.13 bits per heavy atom. The molecule has 0 amide bonds. The van der Waals surface area contributed by atoms with E-state index < -0.39 is 0 Å². The molecule has 0 saturated carbocycles. The Bertz CT molecular complexity index is 1070. The molecule has 3 N–H and O–H groups in total. The summed E-state index contributed by atoms with van der Waals surface area (Å²) < 4.78 is 0.948. The zero-order chi connectivity index (χ0) is 20.6. The lowest BCUT2D eigenvalue weighted by Gasteiger charge is -2.10. The van der Waals surface area contributed by atoms with Gasteiger partial charge in [-0.1, -0.05) is 70.5 Å². The normalized spacial score (nSPS) is 10.7. The zero-order valence-corrected chi connectivity index (χ0v) is 17.4. The van der Waals surface area contributed by atoms with E-state index in [0.29, 0.717) is 17.8 Å². The van der Waals surface area contributed by atoms with Gasteiger partial charge in [0.1, 0.15) is 0 Å². The fourth-order valence-electron chi connectivity index (χ4n) is 2.58. The van der Waals surface area contributed by atoms with E-state index in [4.69, 9.17) is 0 Å². The minimum atomic E-state index is 0.310. The third-order valence-corrected chi connectivity index (χ3v) is 4.69. The van der Waals surface area contributed by atoms with E-state index in [2.05, 4.69) is 52.0 Å². The first kappa shape index (κ1) is 19.5. The number of rotatable bonds is 7. The molecule has 3 aromatic carbocycles. The standard InChI is InChI=1S/C22H18BrN7/c23-19-14-8-7-9-16(19)15-24-30-22-28-20(25-17-10-3-1-4-11-17)27-21(29-22)26-18-12-5-2-6-13-18/h1-15H,(H3,25,26,27,28,29,30)/b24-15+. The molecule has 0 bridgehead atoms. The number of hydrazone groups is 1. The van der Waals surface area contributed by atoms with Crippen molar-refractivity contribution in [3.05, 3.63) is 95.0 Å². The maximum absolute atomic E-state index is 4.46. The second-order valence-corrected chi connectivity index (χ2v) is 7.03. The molecule has 7 nitrogen and oxygen atoms in total. The van der Waals surface area contributed by atoms with Crippen LogP contribution in [0.4, 0.5) is 29.2 Å². The van der Waals surface area contributed by atoms with E-state index in [-0.39, 0.29) is 0 Å². The van der Waals surface area contributed by atoms with Gasteiger partial charge >= 0.3 is 0 Å². The van der Waals surface area contributed by atoms with Crippen molar-refractivity contribution < 1.29 is 0 Å². The van der Waals surface area contributed by atoms with Gasteiger partial charge in [-0.3, -0.25) is 0 Å². The van der Waals surface area contributed by atoms with Crippen molar-refractivity contribution in [2.45, 2.75) is 0 Å². The number of para-hydroxylation sites is 2. The molecule has 0 aliphatic rings. The van der Waals surface area contributed by atoms with Crippen molar-refractivity contribution >= 4 is 51.4 Å². The van der Waals surface area contributed by atoms with Gasteiger partial charge in [-0.25, -0.2) is 5.43 Å². The second kappa shape index (κ2) is 9.62. The number of benzene rings is 3. The second-order valence-electron chi connectivity index (χ2n) is 6.18. The number of halogens is 1. The summed E-state index contributed by atoms with van der Waals surface area (Å²) >= 11 is 3.50. The Labute approximate surface area is 182 Å². The first-order valence-electron chi connectivity index (χ1n) is 9.20. The average molecular weight is 460 g/mol. The number of anilines is 5. The van der Waals surface area contributed by atoms with Gasteiger partial charge in [0.2, 0.25) is 17.8 Å². The Balaban J connectivity index is 1.58. The van der Waals surface area contributed by atoms with Crippen molar-refractivity contribution in [1.29, 1.82) is 0 Å². The summed E-state index contributed by atoms with van der Waals surface area (Å²) in [6, 6.07) is 27.2. The van der Waals surface area contributed by atoms with Crippen LogP contribution in [0.5, 0.6) is 0 Å². The maximum atomic E-state index is 4.46. The molecule has 148 valence electrons. The Hall–Kier alpha value is -3.78. The van der Waals surface area contributed by atoms with Gasteiger partial charge in [-0.2, -0.15) is 20.1 Å². The number of nitrogens with one attached hydrogen (secondary N) is 3. The lowest BCUT2D eigenvalue weighted by molar-refractivity contribution is 1.04. The van der Waals surface area contributed by atoms with E-state index in [9.17, 15) is 0 Å². The molecular weight excluding hydrogens is 442 g/mol. The highest BCUT2D eigenvalue weighted by Crippen LogP contribution is 2.18. The van der Waals surface area contributed by atoms with Crippen LogP contribution < -0.4 is 16.1 Å². The van der Waals surface area contributed by atoms with Crippen LogP contribution in [0.1, 0.15) is 5.56 Å². The molecule has 0 unspecified atom stereocenters. The summed E-state index contributed by atoms with van der Waals surface area (Å²) in [5.41, 5.74) is 5.56. The van der Waals surface area contributed by atoms with E-state index in [1.54, 1.807) is 6.21 Å². The topological polar surface area (TPSA) is 87.1 Å². The number of hydrogen-bond acceptors (Lipinski definition) is 7. The van der Waals surface area contributed by atoms with Crippen molar-refractivity contribution in [1.82, 2.24) is 15.0 Å². The van der Waals surface area contributed by atoms with Gasteiger partial charge in [0.05, 0.1) is 6.21 Å². The Morgan fingerprint density at radius 3 is 1.70 bits per heavy atom. The summed E-state index contributed by atoms with van der Waals surface area (Å²) in [6.45, 7) is 0. The molecule has 1 heterocycles. The van der Waals surface area contributed by atoms with Gasteiger partial charge in [-0.15, -0.1) is 0 Å². The van der Waals surface area contributed by atoms with E-state index >= 15 is 0 Å². The first-order chi connectivity index (χ1) is 14.8. The molecule has 4 rings (SSSR count). The SMILES string of the molecule is Brc1ccccc1/C=N/Nc1nc(Nc2ccccc2)nc(Nc2ccccc2)n1. The zero-order valence-electron chi connectivity index (χ0n) is 15.8. The maximum Gasteiger partial charge on any atom is 0.250 e. The number of aromatic nitrogens is 3. The first-order valence-corrected chi connectivity index (χ1v) is 9.99. The van der Waals surface area contributed by atoms with Crippen LogP contribution in [0, 0.1) is 0 Å². The Kier molecular flexibility index (Phi) is 6.26. The molecule has 0 atom stereocenters. The van der Waals surface area contributed by atoms with Crippen molar-refractivity contribution in [3.63, 3.8) is 0 Å². The lowest BCUT2D eigenvalue weighted by atomic mass is 10.2. The smallest absolute Gasteiger partial charge is 0.250 e. The van der Waals surface area contributed by atoms with Crippen LogP contribution in [-0.4, -0.2) is 21.2 Å². The molecule has 0 aliphatic heterocycles. The fourth-order valence-corrected chi connectivity index (χ4v) is 2.97. The van der Waals surface area contributed by atoms with Gasteiger partial charge < -0.3 is 10.6 Å². The molecule has 30 heavy (non-hydrogen) atoms. The molecule has 4 aromatic rings. The highest BCUT2D eigenvalue weighted by molar-refractivity contribution is 9.10. The van der Waals surface area contributed by atoms with Crippen molar-refractivity contribution in [2.75, 3.05) is 16.1 Å². The van der Waals surface area contributed by atoms with Crippen molar-refractivity contribution in [2.24, 2.45) is 5.10 Å². The molecule has 0 saturated heterocycles. The van der Waals surface area contributed by atoms with Crippen LogP contribution in [0.15, 0.2) is 94.5 Å². The lowest BCUT2D eigenvalue weighted by Crippen LogP contribution is -2.07. The average Bonchev–Trinajstić information content (AvgIpc) is 2.76. The van der Waals surface area contributed by atoms with Gasteiger partial charge in [0, 0.05) is 21.4 Å². The van der Waals surface area contributed by atoms with Crippen LogP contribution in [0.3, 0.4) is 0 Å². The minimum Gasteiger partial charge on any atom is -0.324 e. The van der Waals surface area contributed by atoms with Crippen LogP contribution in [-0.2, 0) is 0 Å². The third-order valence-electron chi connectivity index (χ3n) is 3.97. The number of hydrogen-bond donors (Lipinski definition) is 3. The number of nitrogens with zero attached hydrogens (tertiary/aromatic N) is 4. The highest BCUT2D eigenvalue weighted by Gasteiger charge is 2.07. The minimum absolute atomic E-state index is 0.310. The van der Waals surface area contributed by atoms with Gasteiger partial charge in [-0.05, 0) is 30.3 Å². The third kappa shape index (κ3) is 5.39. The summed E-state index contributed by atoms with van der Waals surface area (Å²) in [6.07, 6.45) is 1.70. The molecule has 1 aromatic heterocycles. The van der Waals surface area contributed by atoms with Gasteiger partial charge in [0.25, 0.3) is 0 Å². The summed E-state index contributed by atoms with van der Waals surface area (Å²) in [5.74, 6) is 1.10. The quantitative estimate of drug-likeness (QED) is 0.247. The summed E-state index contributed by atoms with van der Waals surface area (Å²) in [5, 5.41) is 10.6. The molecular formula is C22H18BrN7. The van der Waals surface area contributed by atoms with Crippen LogP contribution >= 0.6 is 15.9 Å². The van der Waals surface area contributed by atoms with E-state index in [1.165, 1.54) is 0 Å². The van der Waals surface area contributed by atoms with E-state index in [1.807, 2.05) is 84.9 Å². The molecule has 8 heteroatoms. The molecule has 0 radical (unpaired) electrons. The monoisotopic (exact) mass is 459 g/mol. The van der Waals surface area contributed by atoms with Crippen LogP contribution in [0.25, 0.3) is 0 Å². The summed E-state index contributed by atoms with van der Waals surface area (Å²) in [7, 11) is 0. The van der Waals surface area contributed by atoms with E-state index in [0.717, 1.165) is 21.4 Å². The largest absolute Gasteiger partial charge is 0.324 e.